The number of carbonyl (C=O) groups is 1. The molecule has 0 aliphatic rings. The van der Waals surface area contributed by atoms with Crippen LogP contribution < -0.4 is 15.4 Å². The van der Waals surface area contributed by atoms with E-state index in [2.05, 4.69) is 24.5 Å². The molecule has 2 N–H and O–H groups in total. The number of hydrogen-bond acceptors (Lipinski definition) is 2. The lowest BCUT2D eigenvalue weighted by Gasteiger charge is -2.12. The summed E-state index contributed by atoms with van der Waals surface area (Å²) in [5, 5.41) is 5.66. The van der Waals surface area contributed by atoms with Gasteiger partial charge in [0, 0.05) is 5.69 Å². The van der Waals surface area contributed by atoms with Crippen molar-refractivity contribution in [2.75, 3.05) is 18.5 Å². The number of rotatable bonds is 5. The third-order valence-corrected chi connectivity index (χ3v) is 3.78. The van der Waals surface area contributed by atoms with Crippen LogP contribution in [0.1, 0.15) is 22.3 Å². The summed E-state index contributed by atoms with van der Waals surface area (Å²) in [5.41, 5.74) is 5.42. The quantitative estimate of drug-likeness (QED) is 0.816. The SMILES string of the molecule is Cc1ccc(C)c(NC(=O)NCCOc2ccc(C)c(C)c2)c1. The van der Waals surface area contributed by atoms with E-state index in [9.17, 15) is 4.79 Å². The summed E-state index contributed by atoms with van der Waals surface area (Å²) in [7, 11) is 0. The van der Waals surface area contributed by atoms with E-state index in [1.807, 2.05) is 50.2 Å². The van der Waals surface area contributed by atoms with Crippen LogP contribution in [0, 0.1) is 27.7 Å². The van der Waals surface area contributed by atoms with Gasteiger partial charge in [-0.05, 0) is 68.1 Å². The van der Waals surface area contributed by atoms with Gasteiger partial charge < -0.3 is 15.4 Å². The first-order valence-electron chi connectivity index (χ1n) is 7.78. The minimum absolute atomic E-state index is 0.220. The van der Waals surface area contributed by atoms with Gasteiger partial charge in [-0.1, -0.05) is 18.2 Å². The van der Waals surface area contributed by atoms with Gasteiger partial charge in [0.15, 0.2) is 0 Å². The second-order valence-corrected chi connectivity index (χ2v) is 5.79. The molecule has 0 saturated heterocycles. The van der Waals surface area contributed by atoms with E-state index in [1.54, 1.807) is 0 Å². The Labute approximate surface area is 137 Å². The lowest BCUT2D eigenvalue weighted by molar-refractivity contribution is 0.247. The molecular formula is C19H24N2O2. The van der Waals surface area contributed by atoms with Crippen molar-refractivity contribution < 1.29 is 9.53 Å². The van der Waals surface area contributed by atoms with E-state index in [1.165, 1.54) is 11.1 Å². The zero-order valence-electron chi connectivity index (χ0n) is 14.2. The second-order valence-electron chi connectivity index (χ2n) is 5.79. The number of benzene rings is 2. The minimum Gasteiger partial charge on any atom is -0.492 e. The molecule has 0 radical (unpaired) electrons. The molecule has 0 aromatic heterocycles. The average molecular weight is 312 g/mol. The van der Waals surface area contributed by atoms with Gasteiger partial charge in [0.2, 0.25) is 0 Å². The number of amides is 2. The number of carbonyl (C=O) groups excluding carboxylic acids is 1. The van der Waals surface area contributed by atoms with Crippen LogP contribution in [0.3, 0.4) is 0 Å². The number of hydrogen-bond donors (Lipinski definition) is 2. The number of urea groups is 1. The second kappa shape index (κ2) is 7.68. The molecular weight excluding hydrogens is 288 g/mol. The van der Waals surface area contributed by atoms with Gasteiger partial charge in [-0.25, -0.2) is 4.79 Å². The first-order chi connectivity index (χ1) is 11.0. The van der Waals surface area contributed by atoms with Crippen LogP contribution in [0.25, 0.3) is 0 Å². The third kappa shape index (κ3) is 5.02. The van der Waals surface area contributed by atoms with Crippen LogP contribution in [0.4, 0.5) is 10.5 Å². The van der Waals surface area contributed by atoms with Gasteiger partial charge in [-0.15, -0.1) is 0 Å². The normalized spacial score (nSPS) is 10.3. The smallest absolute Gasteiger partial charge is 0.319 e. The summed E-state index contributed by atoms with van der Waals surface area (Å²) < 4.78 is 5.64. The van der Waals surface area contributed by atoms with E-state index in [0.717, 1.165) is 22.6 Å². The van der Waals surface area contributed by atoms with Crippen LogP contribution in [-0.2, 0) is 0 Å². The van der Waals surface area contributed by atoms with Crippen molar-refractivity contribution in [2.24, 2.45) is 0 Å². The van der Waals surface area contributed by atoms with Gasteiger partial charge in [0.05, 0.1) is 6.54 Å². The van der Waals surface area contributed by atoms with Crippen molar-refractivity contribution >= 4 is 11.7 Å². The van der Waals surface area contributed by atoms with E-state index < -0.39 is 0 Å². The molecule has 2 amide bonds. The summed E-state index contributed by atoms with van der Waals surface area (Å²) in [4.78, 5) is 11.9. The van der Waals surface area contributed by atoms with Gasteiger partial charge in [-0.3, -0.25) is 0 Å². The van der Waals surface area contributed by atoms with Gasteiger partial charge in [0.25, 0.3) is 0 Å². The molecule has 0 heterocycles. The van der Waals surface area contributed by atoms with E-state index in [4.69, 9.17) is 4.74 Å². The third-order valence-electron chi connectivity index (χ3n) is 3.78. The zero-order chi connectivity index (χ0) is 16.8. The summed E-state index contributed by atoms with van der Waals surface area (Å²) in [6, 6.07) is 11.7. The molecule has 122 valence electrons. The van der Waals surface area contributed by atoms with Gasteiger partial charge >= 0.3 is 6.03 Å². The molecule has 2 aromatic rings. The van der Waals surface area contributed by atoms with Crippen LogP contribution in [0.5, 0.6) is 5.75 Å². The topological polar surface area (TPSA) is 50.4 Å². The Kier molecular flexibility index (Phi) is 5.63. The summed E-state index contributed by atoms with van der Waals surface area (Å²) >= 11 is 0. The van der Waals surface area contributed by atoms with Gasteiger partial charge in [0.1, 0.15) is 12.4 Å². The van der Waals surface area contributed by atoms with Crippen molar-refractivity contribution in [2.45, 2.75) is 27.7 Å². The maximum absolute atomic E-state index is 11.9. The maximum Gasteiger partial charge on any atom is 0.319 e. The Morgan fingerprint density at radius 3 is 2.43 bits per heavy atom. The Morgan fingerprint density at radius 1 is 0.957 bits per heavy atom. The molecule has 0 bridgehead atoms. The standard InChI is InChI=1S/C19H24N2O2/c1-13-5-6-15(3)18(11-13)21-19(22)20-9-10-23-17-8-7-14(2)16(4)12-17/h5-8,11-12H,9-10H2,1-4H3,(H2,20,21,22). The largest absolute Gasteiger partial charge is 0.492 e. The molecule has 2 aromatic carbocycles. The first-order valence-corrected chi connectivity index (χ1v) is 7.78. The fraction of sp³-hybridized carbons (Fsp3) is 0.316. The van der Waals surface area contributed by atoms with Crippen molar-refractivity contribution in [1.82, 2.24) is 5.32 Å². The monoisotopic (exact) mass is 312 g/mol. The highest BCUT2D eigenvalue weighted by atomic mass is 16.5. The van der Waals surface area contributed by atoms with E-state index in [-0.39, 0.29) is 6.03 Å². The predicted molar refractivity (Wildman–Crippen MR) is 94.3 cm³/mol. The van der Waals surface area contributed by atoms with Crippen molar-refractivity contribution in [3.63, 3.8) is 0 Å². The lowest BCUT2D eigenvalue weighted by Crippen LogP contribution is -2.32. The number of aryl methyl sites for hydroxylation is 4. The fourth-order valence-corrected chi connectivity index (χ4v) is 2.17. The first kappa shape index (κ1) is 16.9. The molecule has 0 atom stereocenters. The Hall–Kier alpha value is -2.49. The van der Waals surface area contributed by atoms with Crippen LogP contribution in [-0.4, -0.2) is 19.2 Å². The fourth-order valence-electron chi connectivity index (χ4n) is 2.17. The highest BCUT2D eigenvalue weighted by Crippen LogP contribution is 2.17. The summed E-state index contributed by atoms with van der Waals surface area (Å²) in [5.74, 6) is 0.824. The number of ether oxygens (including phenoxy) is 1. The average Bonchev–Trinajstić information content (AvgIpc) is 2.51. The Bertz CT molecular complexity index is 696. The summed E-state index contributed by atoms with van der Waals surface area (Å²) in [6.07, 6.45) is 0. The van der Waals surface area contributed by atoms with Crippen LogP contribution >= 0.6 is 0 Å². The van der Waals surface area contributed by atoms with E-state index >= 15 is 0 Å². The van der Waals surface area contributed by atoms with Crippen LogP contribution in [0.15, 0.2) is 36.4 Å². The summed E-state index contributed by atoms with van der Waals surface area (Å²) in [6.45, 7) is 8.97. The number of anilines is 1. The van der Waals surface area contributed by atoms with Crippen LogP contribution in [0.2, 0.25) is 0 Å². The molecule has 23 heavy (non-hydrogen) atoms. The van der Waals surface area contributed by atoms with Crippen molar-refractivity contribution in [3.8, 4) is 5.75 Å². The molecule has 0 spiro atoms. The Balaban J connectivity index is 1.76. The Morgan fingerprint density at radius 2 is 1.70 bits per heavy atom. The molecule has 4 nitrogen and oxygen atoms in total. The molecule has 0 aliphatic carbocycles. The zero-order valence-corrected chi connectivity index (χ0v) is 14.2. The van der Waals surface area contributed by atoms with E-state index in [0.29, 0.717) is 13.2 Å². The molecule has 4 heteroatoms. The highest BCUT2D eigenvalue weighted by molar-refractivity contribution is 5.90. The minimum atomic E-state index is -0.220. The highest BCUT2D eigenvalue weighted by Gasteiger charge is 2.04. The molecule has 0 unspecified atom stereocenters. The molecule has 2 rings (SSSR count). The lowest BCUT2D eigenvalue weighted by atomic mass is 10.1. The predicted octanol–water partition coefficient (Wildman–Crippen LogP) is 4.12. The molecule has 0 aliphatic heterocycles. The van der Waals surface area contributed by atoms with Crippen molar-refractivity contribution in [1.29, 1.82) is 0 Å². The van der Waals surface area contributed by atoms with Crippen molar-refractivity contribution in [3.05, 3.63) is 58.7 Å². The van der Waals surface area contributed by atoms with Gasteiger partial charge in [-0.2, -0.15) is 0 Å². The number of nitrogens with one attached hydrogen (secondary N) is 2. The maximum atomic E-state index is 11.9. The molecule has 0 saturated carbocycles. The molecule has 0 fully saturated rings.